The Morgan fingerprint density at radius 3 is 2.35 bits per heavy atom. The summed E-state index contributed by atoms with van der Waals surface area (Å²) in [5, 5.41) is 9.71. The molecule has 2 amide bonds. The van der Waals surface area contributed by atoms with Crippen LogP contribution in [0.25, 0.3) is 0 Å². The van der Waals surface area contributed by atoms with Crippen LogP contribution < -0.4 is 4.90 Å². The molecule has 2 fully saturated rings. The van der Waals surface area contributed by atoms with E-state index in [1.54, 1.807) is 28.3 Å². The largest absolute Gasteiger partial charge is 0.341 e. The van der Waals surface area contributed by atoms with Crippen molar-refractivity contribution in [3.8, 4) is 6.19 Å². The zero-order chi connectivity index (χ0) is 26.6. The third kappa shape index (κ3) is 5.79. The molecule has 2 unspecified atom stereocenters. The molecule has 1 aromatic heterocycles. The van der Waals surface area contributed by atoms with Crippen molar-refractivity contribution in [2.45, 2.75) is 89.3 Å². The lowest BCUT2D eigenvalue weighted by Gasteiger charge is -2.39. The monoisotopic (exact) mass is 501 g/mol. The molecule has 2 heterocycles. The average Bonchev–Trinajstić information content (AvgIpc) is 3.40. The second kappa shape index (κ2) is 11.3. The minimum absolute atomic E-state index is 0.0454. The van der Waals surface area contributed by atoms with E-state index in [0.29, 0.717) is 24.2 Å². The van der Waals surface area contributed by atoms with Crippen molar-refractivity contribution < 1.29 is 9.59 Å². The number of aromatic nitrogens is 1. The van der Waals surface area contributed by atoms with Crippen LogP contribution in [0.2, 0.25) is 0 Å². The van der Waals surface area contributed by atoms with E-state index >= 15 is 0 Å². The van der Waals surface area contributed by atoms with Gasteiger partial charge in [-0.25, -0.2) is 0 Å². The number of hydrogen-bond donors (Lipinski definition) is 0. The van der Waals surface area contributed by atoms with E-state index in [4.69, 9.17) is 0 Å². The Bertz CT molecular complexity index is 1110. The fourth-order valence-corrected chi connectivity index (χ4v) is 5.61. The van der Waals surface area contributed by atoms with Gasteiger partial charge in [-0.3, -0.25) is 24.4 Å². The van der Waals surface area contributed by atoms with Crippen LogP contribution in [0.3, 0.4) is 0 Å². The number of likely N-dealkylation sites (tertiary alicyclic amines) is 1. The summed E-state index contributed by atoms with van der Waals surface area (Å²) >= 11 is 0. The fraction of sp³-hybridized carbons (Fsp3) is 0.533. The number of pyridine rings is 1. The van der Waals surface area contributed by atoms with Gasteiger partial charge in [-0.15, -0.1) is 0 Å². The lowest BCUT2D eigenvalue weighted by atomic mass is 9.87. The van der Waals surface area contributed by atoms with Crippen molar-refractivity contribution in [2.24, 2.45) is 0 Å². The van der Waals surface area contributed by atoms with Gasteiger partial charge in [0.05, 0.1) is 0 Å². The molecule has 0 radical (unpaired) electrons. The van der Waals surface area contributed by atoms with Crippen molar-refractivity contribution in [1.82, 2.24) is 14.8 Å². The third-order valence-corrected chi connectivity index (χ3v) is 7.88. The first kappa shape index (κ1) is 26.7. The zero-order valence-electron chi connectivity index (χ0n) is 22.6. The first-order chi connectivity index (χ1) is 17.7. The van der Waals surface area contributed by atoms with Crippen LogP contribution in [0, 0.1) is 11.5 Å². The topological polar surface area (TPSA) is 80.5 Å². The SMILES string of the molecule is CN(C(=O)C(c1cccnc1)N(C(=O)C1CCCN1C#N)c1ccc(C(C)(C)C)cc1)C1CCCCC1. The maximum absolute atomic E-state index is 14.3. The smallest absolute Gasteiger partial charge is 0.251 e. The molecule has 2 aliphatic rings. The molecule has 196 valence electrons. The highest BCUT2D eigenvalue weighted by atomic mass is 16.2. The van der Waals surface area contributed by atoms with E-state index in [2.05, 4.69) is 31.9 Å². The standard InChI is InChI=1S/C30H39N5O2/c1-30(2,3)23-14-16-25(17-15-23)35(28(36)26-13-9-19-34(26)21-31)27(22-10-8-18-32-20-22)29(37)33(4)24-11-6-5-7-12-24/h8,10,14-18,20,24,26-27H,5-7,9,11-13,19H2,1-4H3. The van der Waals surface area contributed by atoms with E-state index in [0.717, 1.165) is 37.7 Å². The molecule has 0 N–H and O–H groups in total. The van der Waals surface area contributed by atoms with Gasteiger partial charge in [0.25, 0.3) is 5.91 Å². The molecule has 7 nitrogen and oxygen atoms in total. The number of carbonyl (C=O) groups is 2. The molecule has 2 atom stereocenters. The Morgan fingerprint density at radius 1 is 1.05 bits per heavy atom. The van der Waals surface area contributed by atoms with Gasteiger partial charge in [0, 0.05) is 43.3 Å². The Balaban J connectivity index is 1.81. The normalized spacial score (nSPS) is 19.2. The van der Waals surface area contributed by atoms with Crippen LogP contribution in [-0.4, -0.2) is 52.3 Å². The molecule has 4 rings (SSSR count). The summed E-state index contributed by atoms with van der Waals surface area (Å²) in [4.78, 5) is 37.9. The lowest BCUT2D eigenvalue weighted by Crippen LogP contribution is -2.52. The third-order valence-electron chi connectivity index (χ3n) is 7.88. The van der Waals surface area contributed by atoms with Crippen molar-refractivity contribution in [2.75, 3.05) is 18.5 Å². The van der Waals surface area contributed by atoms with Gasteiger partial charge in [-0.2, -0.15) is 5.26 Å². The fourth-order valence-electron chi connectivity index (χ4n) is 5.61. The molecule has 1 aromatic carbocycles. The molecular formula is C30H39N5O2. The van der Waals surface area contributed by atoms with Gasteiger partial charge < -0.3 is 4.90 Å². The van der Waals surface area contributed by atoms with E-state index in [9.17, 15) is 14.9 Å². The molecule has 0 bridgehead atoms. The van der Waals surface area contributed by atoms with Gasteiger partial charge in [0.15, 0.2) is 6.19 Å². The first-order valence-electron chi connectivity index (χ1n) is 13.5. The van der Waals surface area contributed by atoms with E-state index in [-0.39, 0.29) is 23.3 Å². The number of anilines is 1. The second-order valence-corrected chi connectivity index (χ2v) is 11.4. The number of amides is 2. The molecule has 1 saturated heterocycles. The van der Waals surface area contributed by atoms with Crippen molar-refractivity contribution >= 4 is 17.5 Å². The van der Waals surface area contributed by atoms with Gasteiger partial charge in [-0.05, 0) is 54.9 Å². The molecule has 37 heavy (non-hydrogen) atoms. The lowest BCUT2D eigenvalue weighted by molar-refractivity contribution is -0.136. The number of hydrogen-bond acceptors (Lipinski definition) is 5. The maximum atomic E-state index is 14.3. The van der Waals surface area contributed by atoms with Crippen LogP contribution in [-0.2, 0) is 15.0 Å². The summed E-state index contributed by atoms with van der Waals surface area (Å²) < 4.78 is 0. The number of nitriles is 1. The number of nitrogens with zero attached hydrogens (tertiary/aromatic N) is 5. The Morgan fingerprint density at radius 2 is 1.76 bits per heavy atom. The first-order valence-corrected chi connectivity index (χ1v) is 13.5. The van der Waals surface area contributed by atoms with Crippen LogP contribution in [0.5, 0.6) is 0 Å². The molecule has 0 spiro atoms. The summed E-state index contributed by atoms with van der Waals surface area (Å²) in [6.45, 7) is 7.00. The minimum Gasteiger partial charge on any atom is -0.341 e. The highest BCUT2D eigenvalue weighted by Crippen LogP contribution is 2.35. The van der Waals surface area contributed by atoms with Gasteiger partial charge in [-0.1, -0.05) is 58.2 Å². The minimum atomic E-state index is -0.866. The number of benzene rings is 1. The van der Waals surface area contributed by atoms with Gasteiger partial charge in [0.1, 0.15) is 12.1 Å². The molecular weight excluding hydrogens is 462 g/mol. The second-order valence-electron chi connectivity index (χ2n) is 11.4. The zero-order valence-corrected chi connectivity index (χ0v) is 22.6. The van der Waals surface area contributed by atoms with Crippen LogP contribution >= 0.6 is 0 Å². The highest BCUT2D eigenvalue weighted by Gasteiger charge is 2.42. The van der Waals surface area contributed by atoms with Crippen molar-refractivity contribution in [3.63, 3.8) is 0 Å². The molecule has 1 aliphatic carbocycles. The van der Waals surface area contributed by atoms with E-state index in [1.165, 1.54) is 6.42 Å². The summed E-state index contributed by atoms with van der Waals surface area (Å²) in [7, 11) is 1.87. The molecule has 1 saturated carbocycles. The van der Waals surface area contributed by atoms with Crippen LogP contribution in [0.15, 0.2) is 48.8 Å². The van der Waals surface area contributed by atoms with Crippen molar-refractivity contribution in [1.29, 1.82) is 5.26 Å². The van der Waals surface area contributed by atoms with Crippen LogP contribution in [0.4, 0.5) is 5.69 Å². The summed E-state index contributed by atoms with van der Waals surface area (Å²) in [5.41, 5.74) is 2.43. The highest BCUT2D eigenvalue weighted by molar-refractivity contribution is 6.04. The Hall–Kier alpha value is -3.40. The predicted octanol–water partition coefficient (Wildman–Crippen LogP) is 5.19. The summed E-state index contributed by atoms with van der Waals surface area (Å²) in [6.07, 6.45) is 12.3. The number of carbonyl (C=O) groups excluding carboxylic acids is 2. The Kier molecular flexibility index (Phi) is 8.16. The van der Waals surface area contributed by atoms with E-state index < -0.39 is 12.1 Å². The van der Waals surface area contributed by atoms with E-state index in [1.807, 2.05) is 42.3 Å². The van der Waals surface area contributed by atoms with Gasteiger partial charge in [0.2, 0.25) is 5.91 Å². The molecule has 7 heteroatoms. The predicted molar refractivity (Wildman–Crippen MR) is 145 cm³/mol. The quantitative estimate of drug-likeness (QED) is 0.509. The summed E-state index contributed by atoms with van der Waals surface area (Å²) in [6, 6.07) is 10.3. The van der Waals surface area contributed by atoms with Gasteiger partial charge >= 0.3 is 0 Å². The Labute approximate surface area is 221 Å². The molecule has 1 aliphatic heterocycles. The van der Waals surface area contributed by atoms with Crippen molar-refractivity contribution in [3.05, 3.63) is 59.9 Å². The summed E-state index contributed by atoms with van der Waals surface area (Å²) in [5.74, 6) is -0.337. The molecule has 2 aromatic rings. The van der Waals surface area contributed by atoms with Crippen LogP contribution in [0.1, 0.15) is 82.9 Å². The maximum Gasteiger partial charge on any atom is 0.251 e. The average molecular weight is 502 g/mol. The number of likely N-dealkylation sites (N-methyl/N-ethyl adjacent to an activating group) is 1. The number of rotatable bonds is 6.